The highest BCUT2D eigenvalue weighted by atomic mass is 19.3. The third kappa shape index (κ3) is 3.21. The SMILES string of the molecule is Cc1cc(F)c(C(F)(F)Oc2ccc(C)c(F)c2)c(CF)c1. The predicted octanol–water partition coefficient (Wildman–Crippen LogP) is 5.18. The molecule has 0 amide bonds. The summed E-state index contributed by atoms with van der Waals surface area (Å²) in [7, 11) is 0. The lowest BCUT2D eigenvalue weighted by Gasteiger charge is -2.21. The van der Waals surface area contributed by atoms with Gasteiger partial charge in [-0.05, 0) is 42.7 Å². The van der Waals surface area contributed by atoms with Crippen molar-refractivity contribution in [2.45, 2.75) is 26.6 Å². The zero-order valence-corrected chi connectivity index (χ0v) is 11.9. The van der Waals surface area contributed by atoms with Crippen LogP contribution in [0.15, 0.2) is 30.3 Å². The van der Waals surface area contributed by atoms with Gasteiger partial charge in [0.1, 0.15) is 29.6 Å². The third-order valence-corrected chi connectivity index (χ3v) is 3.14. The van der Waals surface area contributed by atoms with Crippen molar-refractivity contribution in [1.29, 1.82) is 0 Å². The summed E-state index contributed by atoms with van der Waals surface area (Å²) in [6.07, 6.45) is -4.12. The van der Waals surface area contributed by atoms with Crippen LogP contribution < -0.4 is 4.74 Å². The molecule has 22 heavy (non-hydrogen) atoms. The highest BCUT2D eigenvalue weighted by Gasteiger charge is 2.40. The van der Waals surface area contributed by atoms with Crippen molar-refractivity contribution in [3.63, 3.8) is 0 Å². The van der Waals surface area contributed by atoms with E-state index in [9.17, 15) is 22.0 Å². The van der Waals surface area contributed by atoms with E-state index >= 15 is 0 Å². The monoisotopic (exact) mass is 316 g/mol. The molecular weight excluding hydrogens is 303 g/mol. The molecule has 2 aromatic carbocycles. The van der Waals surface area contributed by atoms with Crippen LogP contribution in [0.5, 0.6) is 5.75 Å². The number of hydrogen-bond acceptors (Lipinski definition) is 1. The number of aryl methyl sites for hydroxylation is 2. The quantitative estimate of drug-likeness (QED) is 0.706. The Balaban J connectivity index is 2.43. The van der Waals surface area contributed by atoms with Gasteiger partial charge in [-0.15, -0.1) is 0 Å². The van der Waals surface area contributed by atoms with Crippen LogP contribution in [0.3, 0.4) is 0 Å². The van der Waals surface area contributed by atoms with E-state index in [2.05, 4.69) is 4.74 Å². The second-order valence-electron chi connectivity index (χ2n) is 4.94. The van der Waals surface area contributed by atoms with Crippen molar-refractivity contribution in [2.24, 2.45) is 0 Å². The highest BCUT2D eigenvalue weighted by Crippen LogP contribution is 2.36. The fourth-order valence-electron chi connectivity index (χ4n) is 2.08. The normalized spacial score (nSPS) is 11.6. The van der Waals surface area contributed by atoms with E-state index in [1.165, 1.54) is 19.9 Å². The highest BCUT2D eigenvalue weighted by molar-refractivity contribution is 5.36. The maximum atomic E-state index is 14.2. The van der Waals surface area contributed by atoms with Gasteiger partial charge in [0.2, 0.25) is 0 Å². The predicted molar refractivity (Wildman–Crippen MR) is 71.6 cm³/mol. The topological polar surface area (TPSA) is 9.23 Å². The van der Waals surface area contributed by atoms with Gasteiger partial charge in [-0.25, -0.2) is 13.2 Å². The maximum Gasteiger partial charge on any atom is 0.429 e. The van der Waals surface area contributed by atoms with E-state index in [4.69, 9.17) is 0 Å². The Hall–Kier alpha value is -2.11. The summed E-state index contributed by atoms with van der Waals surface area (Å²) in [5.74, 6) is -2.48. The second kappa shape index (κ2) is 5.94. The maximum absolute atomic E-state index is 14.2. The summed E-state index contributed by atoms with van der Waals surface area (Å²) in [4.78, 5) is 0. The molecule has 0 aliphatic rings. The average Bonchev–Trinajstić information content (AvgIpc) is 2.41. The van der Waals surface area contributed by atoms with Crippen LogP contribution in [0.4, 0.5) is 22.0 Å². The Kier molecular flexibility index (Phi) is 4.39. The Bertz CT molecular complexity index is 697. The molecule has 2 rings (SSSR count). The molecule has 0 bridgehead atoms. The fraction of sp³-hybridized carbons (Fsp3) is 0.250. The second-order valence-corrected chi connectivity index (χ2v) is 4.94. The van der Waals surface area contributed by atoms with Gasteiger partial charge in [0, 0.05) is 6.07 Å². The van der Waals surface area contributed by atoms with Crippen molar-refractivity contribution in [3.8, 4) is 5.75 Å². The smallest absolute Gasteiger partial charge is 0.429 e. The van der Waals surface area contributed by atoms with Crippen molar-refractivity contribution in [3.05, 3.63) is 64.2 Å². The summed E-state index contributed by atoms with van der Waals surface area (Å²) in [6, 6.07) is 5.13. The Morgan fingerprint density at radius 3 is 2.27 bits per heavy atom. The molecule has 0 aliphatic carbocycles. The summed E-state index contributed by atoms with van der Waals surface area (Å²) >= 11 is 0. The summed E-state index contributed by atoms with van der Waals surface area (Å²) in [6.45, 7) is 1.65. The fourth-order valence-corrected chi connectivity index (χ4v) is 2.08. The van der Waals surface area contributed by atoms with E-state index < -0.39 is 41.3 Å². The molecule has 0 N–H and O–H groups in total. The van der Waals surface area contributed by atoms with Crippen molar-refractivity contribution in [1.82, 2.24) is 0 Å². The Labute approximate surface area is 124 Å². The minimum atomic E-state index is -4.12. The molecule has 0 atom stereocenters. The standard InChI is InChI=1S/C16H13F5O/c1-9-5-11(8-17)15(14(19)6-9)16(20,21)22-12-4-3-10(2)13(18)7-12/h3-7H,8H2,1-2H3. The number of benzene rings is 2. The van der Waals surface area contributed by atoms with Crippen LogP contribution in [0.1, 0.15) is 22.3 Å². The van der Waals surface area contributed by atoms with Crippen LogP contribution in [0.2, 0.25) is 0 Å². The molecule has 0 saturated heterocycles. The summed E-state index contributed by atoms with van der Waals surface area (Å²) < 4.78 is 72.9. The largest absolute Gasteiger partial charge is 0.429 e. The van der Waals surface area contributed by atoms with E-state index in [1.807, 2.05) is 0 Å². The zero-order valence-electron chi connectivity index (χ0n) is 11.9. The molecule has 0 heterocycles. The first kappa shape index (κ1) is 16.3. The first-order valence-electron chi connectivity index (χ1n) is 6.43. The first-order chi connectivity index (χ1) is 10.2. The van der Waals surface area contributed by atoms with Gasteiger partial charge in [-0.2, -0.15) is 8.78 Å². The molecule has 2 aromatic rings. The van der Waals surface area contributed by atoms with E-state index in [1.54, 1.807) is 0 Å². The summed E-state index contributed by atoms with van der Waals surface area (Å²) in [5.41, 5.74) is -1.12. The van der Waals surface area contributed by atoms with E-state index in [0.29, 0.717) is 5.56 Å². The van der Waals surface area contributed by atoms with Crippen molar-refractivity contribution < 1.29 is 26.7 Å². The number of rotatable bonds is 4. The van der Waals surface area contributed by atoms with Crippen LogP contribution in [-0.2, 0) is 12.8 Å². The van der Waals surface area contributed by atoms with Crippen LogP contribution in [-0.4, -0.2) is 0 Å². The number of alkyl halides is 3. The molecule has 1 nitrogen and oxygen atoms in total. The minimum absolute atomic E-state index is 0.252. The molecule has 6 heteroatoms. The molecule has 0 aliphatic heterocycles. The molecular formula is C16H13F5O. The molecule has 0 unspecified atom stereocenters. The van der Waals surface area contributed by atoms with Crippen LogP contribution in [0, 0.1) is 25.5 Å². The minimum Gasteiger partial charge on any atom is -0.429 e. The van der Waals surface area contributed by atoms with Gasteiger partial charge < -0.3 is 4.74 Å². The first-order valence-corrected chi connectivity index (χ1v) is 6.43. The molecule has 118 valence electrons. The Morgan fingerprint density at radius 1 is 1.00 bits per heavy atom. The zero-order chi connectivity index (χ0) is 16.5. The number of ether oxygens (including phenoxy) is 1. The van der Waals surface area contributed by atoms with E-state index in [-0.39, 0.29) is 5.56 Å². The van der Waals surface area contributed by atoms with Gasteiger partial charge in [0.25, 0.3) is 0 Å². The lowest BCUT2D eigenvalue weighted by Crippen LogP contribution is -2.25. The Morgan fingerprint density at radius 2 is 1.68 bits per heavy atom. The van der Waals surface area contributed by atoms with Crippen LogP contribution >= 0.6 is 0 Å². The molecule has 0 spiro atoms. The van der Waals surface area contributed by atoms with Gasteiger partial charge in [-0.1, -0.05) is 12.1 Å². The van der Waals surface area contributed by atoms with Crippen molar-refractivity contribution in [2.75, 3.05) is 0 Å². The lowest BCUT2D eigenvalue weighted by molar-refractivity contribution is -0.188. The molecule has 0 fully saturated rings. The van der Waals surface area contributed by atoms with E-state index in [0.717, 1.165) is 24.3 Å². The lowest BCUT2D eigenvalue weighted by atomic mass is 10.0. The van der Waals surface area contributed by atoms with Gasteiger partial charge in [0.05, 0.1) is 0 Å². The van der Waals surface area contributed by atoms with Gasteiger partial charge >= 0.3 is 6.11 Å². The molecule has 0 aromatic heterocycles. The number of halogens is 5. The summed E-state index contributed by atoms with van der Waals surface area (Å²) in [5, 5.41) is 0. The van der Waals surface area contributed by atoms with Crippen molar-refractivity contribution >= 4 is 0 Å². The van der Waals surface area contributed by atoms with Gasteiger partial charge in [-0.3, -0.25) is 0 Å². The number of hydrogen-bond donors (Lipinski definition) is 0. The molecule has 0 radical (unpaired) electrons. The molecule has 0 saturated carbocycles. The third-order valence-electron chi connectivity index (χ3n) is 3.14. The van der Waals surface area contributed by atoms with Crippen LogP contribution in [0.25, 0.3) is 0 Å². The van der Waals surface area contributed by atoms with Gasteiger partial charge in [0.15, 0.2) is 0 Å². The average molecular weight is 316 g/mol.